The van der Waals surface area contributed by atoms with Crippen LogP contribution in [0.2, 0.25) is 0 Å². The SMILES string of the molecule is C=C1[C@H]2[C@H](C[C@H]3[C@@H]4CCC5CCCC[C@]5(C)[C@H]4CC[C@@]32C)O[C@]12CCC(C)CO2. The van der Waals surface area contributed by atoms with E-state index in [2.05, 4.69) is 27.4 Å². The van der Waals surface area contributed by atoms with Gasteiger partial charge in [-0.1, -0.05) is 40.2 Å². The minimum atomic E-state index is -0.445. The average molecular weight is 399 g/mol. The normalized spacial score (nSPS) is 59.1. The van der Waals surface area contributed by atoms with E-state index < -0.39 is 5.79 Å². The van der Waals surface area contributed by atoms with Crippen molar-refractivity contribution in [2.45, 2.75) is 103 Å². The Labute approximate surface area is 178 Å². The molecule has 6 aliphatic rings. The topological polar surface area (TPSA) is 18.5 Å². The van der Waals surface area contributed by atoms with Crippen LogP contribution in [0.3, 0.4) is 0 Å². The summed E-state index contributed by atoms with van der Waals surface area (Å²) in [6, 6.07) is 0. The summed E-state index contributed by atoms with van der Waals surface area (Å²) in [7, 11) is 0. The lowest BCUT2D eigenvalue weighted by atomic mass is 9.44. The Morgan fingerprint density at radius 1 is 0.897 bits per heavy atom. The Morgan fingerprint density at radius 2 is 1.76 bits per heavy atom. The molecule has 10 atom stereocenters. The van der Waals surface area contributed by atoms with Crippen LogP contribution >= 0.6 is 0 Å². The van der Waals surface area contributed by atoms with Crippen LogP contribution in [-0.4, -0.2) is 18.5 Å². The molecule has 4 saturated carbocycles. The van der Waals surface area contributed by atoms with Gasteiger partial charge in [0.15, 0.2) is 5.79 Å². The average Bonchev–Trinajstić information content (AvgIpc) is 3.15. The third kappa shape index (κ3) is 2.48. The fourth-order valence-corrected chi connectivity index (χ4v) is 9.79. The zero-order valence-electron chi connectivity index (χ0n) is 19.1. The molecule has 0 aromatic carbocycles. The molecule has 6 fully saturated rings. The zero-order valence-corrected chi connectivity index (χ0v) is 19.1. The summed E-state index contributed by atoms with van der Waals surface area (Å²) in [5.74, 6) is 4.48. The fraction of sp³-hybridized carbons (Fsp3) is 0.926. The lowest BCUT2D eigenvalue weighted by Gasteiger charge is -2.60. The molecule has 2 heteroatoms. The summed E-state index contributed by atoms with van der Waals surface area (Å²) < 4.78 is 13.2. The molecular formula is C27H42O2. The van der Waals surface area contributed by atoms with E-state index in [1.165, 1.54) is 69.8 Å². The molecule has 2 heterocycles. The molecular weight excluding hydrogens is 356 g/mol. The van der Waals surface area contributed by atoms with Gasteiger partial charge in [-0.2, -0.15) is 0 Å². The van der Waals surface area contributed by atoms with Gasteiger partial charge in [-0.3, -0.25) is 0 Å². The van der Waals surface area contributed by atoms with Crippen molar-refractivity contribution in [2.75, 3.05) is 6.61 Å². The van der Waals surface area contributed by atoms with E-state index in [-0.39, 0.29) is 0 Å². The third-order valence-corrected chi connectivity index (χ3v) is 11.4. The van der Waals surface area contributed by atoms with Gasteiger partial charge in [0.05, 0.1) is 12.7 Å². The number of hydrogen-bond acceptors (Lipinski definition) is 2. The minimum Gasteiger partial charge on any atom is -0.346 e. The minimum absolute atomic E-state index is 0.363. The highest BCUT2D eigenvalue weighted by molar-refractivity contribution is 5.28. The summed E-state index contributed by atoms with van der Waals surface area (Å²) >= 11 is 0. The van der Waals surface area contributed by atoms with Crippen LogP contribution in [0.25, 0.3) is 0 Å². The van der Waals surface area contributed by atoms with Crippen LogP contribution in [0.1, 0.15) is 91.4 Å². The third-order valence-electron chi connectivity index (χ3n) is 11.4. The van der Waals surface area contributed by atoms with Crippen LogP contribution in [0.5, 0.6) is 0 Å². The van der Waals surface area contributed by atoms with Crippen LogP contribution in [0, 0.1) is 46.3 Å². The van der Waals surface area contributed by atoms with Gasteiger partial charge in [0.1, 0.15) is 0 Å². The van der Waals surface area contributed by atoms with Crippen LogP contribution < -0.4 is 0 Å². The first-order chi connectivity index (χ1) is 13.9. The van der Waals surface area contributed by atoms with Crippen molar-refractivity contribution in [3.8, 4) is 0 Å². The summed E-state index contributed by atoms with van der Waals surface area (Å²) in [5.41, 5.74) is 2.33. The van der Waals surface area contributed by atoms with Gasteiger partial charge in [0.25, 0.3) is 0 Å². The summed E-state index contributed by atoms with van der Waals surface area (Å²) in [5, 5.41) is 0. The van der Waals surface area contributed by atoms with Gasteiger partial charge in [-0.15, -0.1) is 0 Å². The van der Waals surface area contributed by atoms with E-state index in [4.69, 9.17) is 9.47 Å². The molecule has 6 rings (SSSR count). The first kappa shape index (κ1) is 19.4. The first-order valence-corrected chi connectivity index (χ1v) is 12.9. The molecule has 2 unspecified atom stereocenters. The Morgan fingerprint density at radius 3 is 2.55 bits per heavy atom. The summed E-state index contributed by atoms with van der Waals surface area (Å²) in [6.07, 6.45) is 15.6. The van der Waals surface area contributed by atoms with E-state index in [1.807, 2.05) is 0 Å². The molecule has 162 valence electrons. The maximum Gasteiger partial charge on any atom is 0.191 e. The summed E-state index contributed by atoms with van der Waals surface area (Å²) in [4.78, 5) is 0. The van der Waals surface area contributed by atoms with E-state index in [1.54, 1.807) is 0 Å². The quantitative estimate of drug-likeness (QED) is 0.420. The number of fused-ring (bicyclic) bond motifs is 7. The second-order valence-electron chi connectivity index (χ2n) is 12.5. The Hall–Kier alpha value is -0.340. The molecule has 2 aliphatic heterocycles. The lowest BCUT2D eigenvalue weighted by Crippen LogP contribution is -2.53. The molecule has 29 heavy (non-hydrogen) atoms. The molecule has 1 spiro atoms. The van der Waals surface area contributed by atoms with Gasteiger partial charge < -0.3 is 9.47 Å². The predicted molar refractivity (Wildman–Crippen MR) is 116 cm³/mol. The molecule has 0 N–H and O–H groups in total. The predicted octanol–water partition coefficient (Wildman–Crippen LogP) is 6.74. The van der Waals surface area contributed by atoms with Crippen molar-refractivity contribution in [1.29, 1.82) is 0 Å². The maximum atomic E-state index is 6.82. The Kier molecular flexibility index (Phi) is 4.23. The molecule has 0 bridgehead atoms. The number of hydrogen-bond donors (Lipinski definition) is 0. The monoisotopic (exact) mass is 398 g/mol. The second kappa shape index (κ2) is 6.35. The standard InChI is InChI=1S/C27H42O2/c1-17-10-14-27(28-16-17)18(2)24-23(29-27)15-22-20-9-8-19-7-5-6-12-25(19,3)21(20)11-13-26(22,24)4/h17,19-24H,2,5-16H2,1,3-4H3/t17?,19?,20-,21+,22+,23+,24+,25+,26+,27-/m1/s1. The van der Waals surface area contributed by atoms with Crippen LogP contribution in [0.4, 0.5) is 0 Å². The van der Waals surface area contributed by atoms with E-state index in [0.717, 1.165) is 36.7 Å². The smallest absolute Gasteiger partial charge is 0.191 e. The second-order valence-corrected chi connectivity index (χ2v) is 12.5. The van der Waals surface area contributed by atoms with Gasteiger partial charge in [0.2, 0.25) is 0 Å². The van der Waals surface area contributed by atoms with Crippen molar-refractivity contribution in [2.24, 2.45) is 46.3 Å². The van der Waals surface area contributed by atoms with Gasteiger partial charge in [-0.25, -0.2) is 0 Å². The van der Waals surface area contributed by atoms with Crippen LogP contribution in [0.15, 0.2) is 12.2 Å². The van der Waals surface area contributed by atoms with Crippen molar-refractivity contribution >= 4 is 0 Å². The van der Waals surface area contributed by atoms with Crippen LogP contribution in [-0.2, 0) is 9.47 Å². The van der Waals surface area contributed by atoms with E-state index in [0.29, 0.717) is 28.8 Å². The lowest BCUT2D eigenvalue weighted by molar-refractivity contribution is -0.237. The maximum absolute atomic E-state index is 6.82. The highest BCUT2D eigenvalue weighted by atomic mass is 16.7. The largest absolute Gasteiger partial charge is 0.346 e. The fourth-order valence-electron chi connectivity index (χ4n) is 9.79. The van der Waals surface area contributed by atoms with Crippen molar-refractivity contribution in [3.63, 3.8) is 0 Å². The first-order valence-electron chi connectivity index (χ1n) is 12.9. The molecule has 0 amide bonds. The highest BCUT2D eigenvalue weighted by Gasteiger charge is 2.67. The van der Waals surface area contributed by atoms with E-state index in [9.17, 15) is 0 Å². The van der Waals surface area contributed by atoms with Gasteiger partial charge in [0, 0.05) is 12.3 Å². The van der Waals surface area contributed by atoms with Gasteiger partial charge >= 0.3 is 0 Å². The number of ether oxygens (including phenoxy) is 2. The van der Waals surface area contributed by atoms with E-state index >= 15 is 0 Å². The van der Waals surface area contributed by atoms with Crippen molar-refractivity contribution < 1.29 is 9.47 Å². The highest BCUT2D eigenvalue weighted by Crippen LogP contribution is 2.71. The molecule has 0 aromatic rings. The van der Waals surface area contributed by atoms with Crippen molar-refractivity contribution in [1.82, 2.24) is 0 Å². The Bertz CT molecular complexity index is 691. The van der Waals surface area contributed by atoms with Crippen molar-refractivity contribution in [3.05, 3.63) is 12.2 Å². The number of rotatable bonds is 0. The molecule has 0 aromatic heterocycles. The molecule has 2 nitrogen and oxygen atoms in total. The molecule has 4 aliphatic carbocycles. The summed E-state index contributed by atoms with van der Waals surface area (Å²) in [6.45, 7) is 13.1. The van der Waals surface area contributed by atoms with Gasteiger partial charge in [-0.05, 0) is 97.4 Å². The molecule has 2 saturated heterocycles. The zero-order chi connectivity index (χ0) is 20.0. The molecule has 0 radical (unpaired) electrons. The Balaban J connectivity index is 1.28.